The van der Waals surface area contributed by atoms with Gasteiger partial charge in [-0.15, -0.1) is 0 Å². The molecule has 0 radical (unpaired) electrons. The number of benzene rings is 2. The number of urea groups is 1. The van der Waals surface area contributed by atoms with Crippen LogP contribution in [0.4, 0.5) is 10.5 Å². The van der Waals surface area contributed by atoms with Gasteiger partial charge < -0.3 is 9.64 Å². The summed E-state index contributed by atoms with van der Waals surface area (Å²) in [7, 11) is 1.56. The zero-order valence-electron chi connectivity index (χ0n) is 15.4. The lowest BCUT2D eigenvalue weighted by atomic mass is 9.91. The van der Waals surface area contributed by atoms with Gasteiger partial charge in [0.05, 0.1) is 12.3 Å². The molecular weight excluding hydrogens is 467 g/mol. The highest BCUT2D eigenvalue weighted by Crippen LogP contribution is 2.36. The van der Waals surface area contributed by atoms with Crippen LogP contribution >= 0.6 is 39.1 Å². The van der Waals surface area contributed by atoms with Crippen LogP contribution in [0.5, 0.6) is 0 Å². The number of carbonyl (C=O) groups is 2. The minimum absolute atomic E-state index is 0.291. The fourth-order valence-electron chi connectivity index (χ4n) is 3.37. The predicted molar refractivity (Wildman–Crippen MR) is 114 cm³/mol. The largest absolute Gasteiger partial charge is 0.383 e. The van der Waals surface area contributed by atoms with Gasteiger partial charge in [-0.05, 0) is 42.8 Å². The molecule has 0 bridgehead atoms. The second kappa shape index (κ2) is 8.41. The summed E-state index contributed by atoms with van der Waals surface area (Å²) in [6.45, 7) is 2.38. The van der Waals surface area contributed by atoms with E-state index in [1.807, 2.05) is 24.3 Å². The van der Waals surface area contributed by atoms with Crippen molar-refractivity contribution in [3.8, 4) is 0 Å². The molecule has 1 aliphatic rings. The van der Waals surface area contributed by atoms with Gasteiger partial charge in [0.1, 0.15) is 5.54 Å². The third-order valence-electron chi connectivity index (χ3n) is 4.77. The van der Waals surface area contributed by atoms with Crippen LogP contribution in [0.3, 0.4) is 0 Å². The molecular formula is C20H19BrCl2N2O3. The number of hydrogen-bond donors (Lipinski definition) is 0. The molecule has 3 amide bonds. The molecule has 2 aromatic rings. The topological polar surface area (TPSA) is 49.9 Å². The zero-order chi connectivity index (χ0) is 20.5. The molecule has 1 aliphatic heterocycles. The molecule has 1 heterocycles. The van der Waals surface area contributed by atoms with Gasteiger partial charge >= 0.3 is 6.03 Å². The van der Waals surface area contributed by atoms with Crippen LogP contribution < -0.4 is 4.90 Å². The Kier molecular flexibility index (Phi) is 6.34. The number of carbonyl (C=O) groups excluding carboxylic acids is 2. The van der Waals surface area contributed by atoms with Gasteiger partial charge in [0.15, 0.2) is 0 Å². The van der Waals surface area contributed by atoms with Crippen molar-refractivity contribution < 1.29 is 14.3 Å². The lowest BCUT2D eigenvalue weighted by Gasteiger charge is -2.31. The SMILES string of the molecule is COCCN1C(=O)N(c2cc(Cl)cc(Cl)c2)C(=O)C1(C)Cc1ccc(Br)cc1. The molecule has 8 heteroatoms. The van der Waals surface area contributed by atoms with Gasteiger partial charge in [0.2, 0.25) is 0 Å². The average molecular weight is 486 g/mol. The molecule has 28 heavy (non-hydrogen) atoms. The van der Waals surface area contributed by atoms with Gasteiger partial charge in [-0.1, -0.05) is 51.3 Å². The quantitative estimate of drug-likeness (QED) is 0.530. The third kappa shape index (κ3) is 4.06. The maximum Gasteiger partial charge on any atom is 0.332 e. The average Bonchev–Trinajstić information content (AvgIpc) is 2.80. The van der Waals surface area contributed by atoms with E-state index in [0.717, 1.165) is 14.9 Å². The standard InChI is InChI=1S/C20H19BrCl2N2O3/c1-20(12-13-3-5-14(21)6-4-13)18(26)25(19(27)24(20)7-8-28-2)17-10-15(22)9-16(23)11-17/h3-6,9-11H,7-8,12H2,1-2H3. The van der Waals surface area contributed by atoms with E-state index < -0.39 is 11.6 Å². The number of amides is 3. The summed E-state index contributed by atoms with van der Waals surface area (Å²) in [6.07, 6.45) is 0.374. The van der Waals surface area contributed by atoms with Crippen LogP contribution in [0.2, 0.25) is 10.0 Å². The van der Waals surface area contributed by atoms with E-state index in [0.29, 0.717) is 35.3 Å². The minimum Gasteiger partial charge on any atom is -0.383 e. The highest BCUT2D eigenvalue weighted by Gasteiger charge is 2.54. The van der Waals surface area contributed by atoms with E-state index in [1.54, 1.807) is 37.1 Å². The second-order valence-electron chi connectivity index (χ2n) is 6.77. The Labute approximate surface area is 182 Å². The van der Waals surface area contributed by atoms with Crippen molar-refractivity contribution >= 4 is 56.8 Å². The maximum absolute atomic E-state index is 13.4. The second-order valence-corrected chi connectivity index (χ2v) is 8.56. The van der Waals surface area contributed by atoms with Crippen LogP contribution in [-0.4, -0.2) is 42.6 Å². The van der Waals surface area contributed by atoms with Crippen molar-refractivity contribution in [3.63, 3.8) is 0 Å². The molecule has 0 aromatic heterocycles. The number of anilines is 1. The number of nitrogens with zero attached hydrogens (tertiary/aromatic N) is 2. The summed E-state index contributed by atoms with van der Waals surface area (Å²) in [5, 5.41) is 0.709. The van der Waals surface area contributed by atoms with Gasteiger partial charge in [-0.25, -0.2) is 9.69 Å². The Morgan fingerprint density at radius 3 is 2.25 bits per heavy atom. The highest BCUT2D eigenvalue weighted by molar-refractivity contribution is 9.10. The van der Waals surface area contributed by atoms with Crippen LogP contribution in [0, 0.1) is 0 Å². The molecule has 0 aliphatic carbocycles. The Hall–Kier alpha value is -1.60. The zero-order valence-corrected chi connectivity index (χ0v) is 18.5. The molecule has 3 rings (SSSR count). The van der Waals surface area contributed by atoms with Crippen molar-refractivity contribution in [3.05, 3.63) is 62.5 Å². The summed E-state index contributed by atoms with van der Waals surface area (Å²) >= 11 is 15.6. The van der Waals surface area contributed by atoms with Crippen molar-refractivity contribution in [1.82, 2.24) is 4.90 Å². The van der Waals surface area contributed by atoms with Crippen LogP contribution in [0.1, 0.15) is 12.5 Å². The minimum atomic E-state index is -1.06. The smallest absolute Gasteiger partial charge is 0.332 e. The molecule has 1 atom stereocenters. The summed E-state index contributed by atoms with van der Waals surface area (Å²) in [6, 6.07) is 11.9. The van der Waals surface area contributed by atoms with E-state index in [-0.39, 0.29) is 5.91 Å². The summed E-state index contributed by atoms with van der Waals surface area (Å²) in [5.41, 5.74) is 0.243. The van der Waals surface area contributed by atoms with Crippen LogP contribution in [0.15, 0.2) is 46.9 Å². The first kappa shape index (κ1) is 21.1. The number of hydrogen-bond acceptors (Lipinski definition) is 3. The molecule has 5 nitrogen and oxygen atoms in total. The monoisotopic (exact) mass is 484 g/mol. The molecule has 148 valence electrons. The molecule has 0 N–H and O–H groups in total. The molecule has 0 saturated carbocycles. The number of ether oxygens (including phenoxy) is 1. The van der Waals surface area contributed by atoms with Gasteiger partial charge in [0.25, 0.3) is 5.91 Å². The molecule has 0 spiro atoms. The first-order chi connectivity index (χ1) is 13.3. The lowest BCUT2D eigenvalue weighted by molar-refractivity contribution is -0.124. The normalized spacial score (nSPS) is 19.6. The van der Waals surface area contributed by atoms with E-state index in [1.165, 1.54) is 0 Å². The van der Waals surface area contributed by atoms with Crippen molar-refractivity contribution in [1.29, 1.82) is 0 Å². The molecule has 1 saturated heterocycles. The van der Waals surface area contributed by atoms with E-state index >= 15 is 0 Å². The fraction of sp³-hybridized carbons (Fsp3) is 0.300. The highest BCUT2D eigenvalue weighted by atomic mass is 79.9. The van der Waals surface area contributed by atoms with Crippen molar-refractivity contribution in [2.75, 3.05) is 25.2 Å². The first-order valence-electron chi connectivity index (χ1n) is 8.62. The Morgan fingerprint density at radius 2 is 1.68 bits per heavy atom. The first-order valence-corrected chi connectivity index (χ1v) is 10.2. The lowest BCUT2D eigenvalue weighted by Crippen LogP contribution is -2.50. The predicted octanol–water partition coefficient (Wildman–Crippen LogP) is 5.17. The van der Waals surface area contributed by atoms with E-state index in [2.05, 4.69) is 15.9 Å². The summed E-state index contributed by atoms with van der Waals surface area (Å²) in [5.74, 6) is -0.324. The summed E-state index contributed by atoms with van der Waals surface area (Å²) in [4.78, 5) is 29.3. The van der Waals surface area contributed by atoms with Gasteiger partial charge in [0, 0.05) is 34.6 Å². The van der Waals surface area contributed by atoms with Crippen molar-refractivity contribution in [2.24, 2.45) is 0 Å². The maximum atomic E-state index is 13.4. The number of halogens is 3. The van der Waals surface area contributed by atoms with Gasteiger partial charge in [-0.2, -0.15) is 0 Å². The Morgan fingerprint density at radius 1 is 1.07 bits per heavy atom. The fourth-order valence-corrected chi connectivity index (χ4v) is 4.15. The third-order valence-corrected chi connectivity index (χ3v) is 5.73. The number of rotatable bonds is 6. The molecule has 1 fully saturated rings. The van der Waals surface area contributed by atoms with E-state index in [4.69, 9.17) is 27.9 Å². The van der Waals surface area contributed by atoms with E-state index in [9.17, 15) is 9.59 Å². The Balaban J connectivity index is 2.02. The van der Waals surface area contributed by atoms with Gasteiger partial charge in [-0.3, -0.25) is 4.79 Å². The summed E-state index contributed by atoms with van der Waals surface area (Å²) < 4.78 is 6.10. The number of imide groups is 1. The van der Waals surface area contributed by atoms with Crippen LogP contribution in [-0.2, 0) is 16.0 Å². The molecule has 2 aromatic carbocycles. The Bertz CT molecular complexity index is 887. The molecule has 1 unspecified atom stereocenters. The van der Waals surface area contributed by atoms with Crippen molar-refractivity contribution in [2.45, 2.75) is 18.9 Å². The number of methoxy groups -OCH3 is 1. The van der Waals surface area contributed by atoms with Crippen LogP contribution in [0.25, 0.3) is 0 Å².